The number of benzene rings is 1. The Hall–Kier alpha value is -3.90. The van der Waals surface area contributed by atoms with Gasteiger partial charge in [0, 0.05) is 37.8 Å². The average molecular weight is 625 g/mol. The van der Waals surface area contributed by atoms with Crippen molar-refractivity contribution >= 4 is 24.2 Å². The summed E-state index contributed by atoms with van der Waals surface area (Å²) in [5, 5.41) is 10.8. The summed E-state index contributed by atoms with van der Waals surface area (Å²) >= 11 is 0. The number of nitrogens with one attached hydrogen (secondary N) is 4. The molecule has 0 spiro atoms. The van der Waals surface area contributed by atoms with E-state index >= 15 is 0 Å². The van der Waals surface area contributed by atoms with E-state index in [1.54, 1.807) is 80.5 Å². The quantitative estimate of drug-likeness (QED) is 0.157. The summed E-state index contributed by atoms with van der Waals surface area (Å²) in [7, 11) is 0. The highest BCUT2D eigenvalue weighted by Crippen LogP contribution is 2.24. The second kappa shape index (κ2) is 18.0. The Morgan fingerprint density at radius 2 is 0.864 bits per heavy atom. The van der Waals surface area contributed by atoms with E-state index in [2.05, 4.69) is 21.3 Å². The monoisotopic (exact) mass is 624 g/mol. The molecule has 0 radical (unpaired) electrons. The van der Waals surface area contributed by atoms with Gasteiger partial charge in [0.2, 0.25) is 0 Å². The van der Waals surface area contributed by atoms with Crippen LogP contribution in [0, 0.1) is 0 Å². The van der Waals surface area contributed by atoms with Gasteiger partial charge >= 0.3 is 18.3 Å². The first-order valence-electron chi connectivity index (χ1n) is 14.9. The molecule has 13 heteroatoms. The summed E-state index contributed by atoms with van der Waals surface area (Å²) < 4.78 is 27.3. The van der Waals surface area contributed by atoms with Gasteiger partial charge in [-0.25, -0.2) is 14.4 Å². The van der Waals surface area contributed by atoms with Crippen LogP contribution in [0.3, 0.4) is 0 Å². The number of rotatable bonds is 15. The smallest absolute Gasteiger partial charge is 0.407 e. The van der Waals surface area contributed by atoms with Crippen LogP contribution in [0.1, 0.15) is 91.9 Å². The zero-order valence-corrected chi connectivity index (χ0v) is 27.8. The van der Waals surface area contributed by atoms with Gasteiger partial charge in [-0.3, -0.25) is 4.79 Å². The van der Waals surface area contributed by atoms with E-state index in [-0.39, 0.29) is 19.1 Å². The topological polar surface area (TPSA) is 163 Å². The number of amides is 4. The van der Waals surface area contributed by atoms with Crippen LogP contribution < -0.4 is 30.7 Å². The number of ether oxygens (including phenoxy) is 5. The predicted octanol–water partition coefficient (Wildman–Crippen LogP) is 4.92. The number of hydrogen-bond donors (Lipinski definition) is 4. The molecule has 1 rings (SSSR count). The highest BCUT2D eigenvalue weighted by atomic mass is 16.6. The predicted molar refractivity (Wildman–Crippen MR) is 166 cm³/mol. The number of hydrogen-bond acceptors (Lipinski definition) is 9. The fourth-order valence-electron chi connectivity index (χ4n) is 3.30. The molecule has 0 unspecified atom stereocenters. The van der Waals surface area contributed by atoms with Crippen molar-refractivity contribution in [1.29, 1.82) is 0 Å². The van der Waals surface area contributed by atoms with Crippen LogP contribution in [0.2, 0.25) is 0 Å². The van der Waals surface area contributed by atoms with Crippen molar-refractivity contribution in [3.05, 3.63) is 23.8 Å². The minimum absolute atomic E-state index is 0.274. The molecule has 0 atom stereocenters. The molecule has 0 fully saturated rings. The second-order valence-corrected chi connectivity index (χ2v) is 13.0. The maximum absolute atomic E-state index is 12.9. The highest BCUT2D eigenvalue weighted by Gasteiger charge is 2.17. The zero-order valence-electron chi connectivity index (χ0n) is 27.8. The lowest BCUT2D eigenvalue weighted by molar-refractivity contribution is 0.0514. The molecule has 0 aliphatic heterocycles. The number of carbonyl (C=O) groups is 4. The van der Waals surface area contributed by atoms with Crippen LogP contribution in [0.25, 0.3) is 0 Å². The Morgan fingerprint density at radius 3 is 1.23 bits per heavy atom. The molecule has 0 saturated heterocycles. The molecule has 4 amide bonds. The van der Waals surface area contributed by atoms with Gasteiger partial charge in [-0.1, -0.05) is 0 Å². The lowest BCUT2D eigenvalue weighted by Gasteiger charge is -2.19. The number of alkyl carbamates (subject to hydrolysis) is 3. The van der Waals surface area contributed by atoms with E-state index in [4.69, 9.17) is 23.7 Å². The molecule has 0 aliphatic carbocycles. The van der Waals surface area contributed by atoms with Crippen molar-refractivity contribution in [3.8, 4) is 11.5 Å². The zero-order chi connectivity index (χ0) is 33.4. The minimum atomic E-state index is -0.589. The molecule has 44 heavy (non-hydrogen) atoms. The summed E-state index contributed by atoms with van der Waals surface area (Å²) in [4.78, 5) is 48.3. The van der Waals surface area contributed by atoms with E-state index in [0.29, 0.717) is 62.5 Å². The van der Waals surface area contributed by atoms with Crippen molar-refractivity contribution in [3.63, 3.8) is 0 Å². The largest absolute Gasteiger partial charge is 0.493 e. The molecule has 4 N–H and O–H groups in total. The molecule has 0 bridgehead atoms. The highest BCUT2D eigenvalue weighted by molar-refractivity contribution is 5.95. The normalized spacial score (nSPS) is 11.6. The summed E-state index contributed by atoms with van der Waals surface area (Å²) in [6, 6.07) is 4.88. The van der Waals surface area contributed by atoms with Gasteiger partial charge in [-0.05, 0) is 93.7 Å². The van der Waals surface area contributed by atoms with E-state index < -0.39 is 35.1 Å². The Bertz CT molecular complexity index is 1020. The Balaban J connectivity index is 2.68. The van der Waals surface area contributed by atoms with Gasteiger partial charge < -0.3 is 45.0 Å². The molecule has 0 aromatic heterocycles. The van der Waals surface area contributed by atoms with E-state index in [1.165, 1.54) is 0 Å². The first-order valence-corrected chi connectivity index (χ1v) is 14.9. The van der Waals surface area contributed by atoms with Crippen molar-refractivity contribution in [2.75, 3.05) is 39.4 Å². The fourth-order valence-corrected chi connectivity index (χ4v) is 3.30. The Morgan fingerprint density at radius 1 is 0.523 bits per heavy atom. The van der Waals surface area contributed by atoms with Crippen LogP contribution in [-0.2, 0) is 14.2 Å². The van der Waals surface area contributed by atoms with Gasteiger partial charge in [0.15, 0.2) is 0 Å². The average Bonchev–Trinajstić information content (AvgIpc) is 2.84. The Labute approximate surface area is 261 Å². The summed E-state index contributed by atoms with van der Waals surface area (Å²) in [5.74, 6) is 0.502. The molecule has 250 valence electrons. The van der Waals surface area contributed by atoms with Crippen molar-refractivity contribution < 1.29 is 42.9 Å². The Kier molecular flexibility index (Phi) is 15.6. The van der Waals surface area contributed by atoms with Gasteiger partial charge in [0.25, 0.3) is 5.91 Å². The maximum atomic E-state index is 12.9. The van der Waals surface area contributed by atoms with Crippen LogP contribution in [0.15, 0.2) is 18.2 Å². The molecule has 0 heterocycles. The van der Waals surface area contributed by atoms with E-state index in [0.717, 1.165) is 0 Å². The van der Waals surface area contributed by atoms with Crippen LogP contribution in [-0.4, -0.2) is 80.4 Å². The minimum Gasteiger partial charge on any atom is -0.493 e. The van der Waals surface area contributed by atoms with E-state index in [1.807, 2.05) is 0 Å². The lowest BCUT2D eigenvalue weighted by atomic mass is 10.2. The first-order chi connectivity index (χ1) is 20.3. The van der Waals surface area contributed by atoms with Crippen LogP contribution in [0.5, 0.6) is 11.5 Å². The van der Waals surface area contributed by atoms with Crippen LogP contribution >= 0.6 is 0 Å². The lowest BCUT2D eigenvalue weighted by Crippen LogP contribution is -2.34. The first kappa shape index (κ1) is 38.1. The third kappa shape index (κ3) is 20.1. The summed E-state index contributed by atoms with van der Waals surface area (Å²) in [6.07, 6.45) is -0.0128. The third-order valence-electron chi connectivity index (χ3n) is 4.97. The molecule has 0 saturated carbocycles. The van der Waals surface area contributed by atoms with Crippen molar-refractivity contribution in [2.24, 2.45) is 0 Å². The molecular weight excluding hydrogens is 572 g/mol. The van der Waals surface area contributed by atoms with Gasteiger partial charge in [0.05, 0.1) is 13.2 Å². The molecule has 1 aromatic carbocycles. The van der Waals surface area contributed by atoms with Crippen molar-refractivity contribution in [2.45, 2.75) is 98.4 Å². The maximum Gasteiger partial charge on any atom is 0.407 e. The standard InChI is InChI=1S/C31H52N4O9/c1-29(2,3)42-26(37)33-14-10-13-32-25(36)22-19-23(40-17-11-15-34-27(38)43-30(4,5)6)21-24(20-22)41-18-12-16-35-28(39)44-31(7,8)9/h19-21H,10-18H2,1-9H3,(H,32,36)(H,33,37)(H,34,38)(H,35,39). The molecule has 13 nitrogen and oxygen atoms in total. The summed E-state index contributed by atoms with van der Waals surface area (Å²) in [6.45, 7) is 18.0. The SMILES string of the molecule is CC(C)(C)OC(=O)NCCCNC(=O)c1cc(OCCCNC(=O)OC(C)(C)C)cc(OCCCNC(=O)OC(C)(C)C)c1. The second-order valence-electron chi connectivity index (χ2n) is 13.0. The summed E-state index contributed by atoms with van der Waals surface area (Å²) in [5.41, 5.74) is -1.43. The molecular formula is C31H52N4O9. The third-order valence-corrected chi connectivity index (χ3v) is 4.97. The van der Waals surface area contributed by atoms with E-state index in [9.17, 15) is 19.2 Å². The molecule has 0 aliphatic rings. The van der Waals surface area contributed by atoms with Crippen LogP contribution in [0.4, 0.5) is 14.4 Å². The fraction of sp³-hybridized carbons (Fsp3) is 0.677. The van der Waals surface area contributed by atoms with Crippen molar-refractivity contribution in [1.82, 2.24) is 21.3 Å². The van der Waals surface area contributed by atoms with Gasteiger partial charge in [-0.2, -0.15) is 0 Å². The number of carbonyl (C=O) groups excluding carboxylic acids is 4. The van der Waals surface area contributed by atoms with Gasteiger partial charge in [-0.15, -0.1) is 0 Å². The molecule has 1 aromatic rings. The van der Waals surface area contributed by atoms with Gasteiger partial charge in [0.1, 0.15) is 28.3 Å².